The molecule has 3 aliphatic carbocycles. The Morgan fingerprint density at radius 1 is 1.22 bits per heavy atom. The molecular formula is C13H16N2O3. The molecule has 1 heterocycles. The average Bonchev–Trinajstić information content (AvgIpc) is 2.67. The molecule has 0 aromatic heterocycles. The molecular weight excluding hydrogens is 232 g/mol. The summed E-state index contributed by atoms with van der Waals surface area (Å²) < 4.78 is 0. The summed E-state index contributed by atoms with van der Waals surface area (Å²) in [6.07, 6.45) is 6.11. The summed E-state index contributed by atoms with van der Waals surface area (Å²) in [5.41, 5.74) is 0. The van der Waals surface area contributed by atoms with E-state index in [2.05, 4.69) is 17.5 Å². The van der Waals surface area contributed by atoms with Crippen LogP contribution in [0.25, 0.3) is 0 Å². The maximum Gasteiger partial charge on any atom is 0.239 e. The summed E-state index contributed by atoms with van der Waals surface area (Å²) in [6, 6.07) is 0. The van der Waals surface area contributed by atoms with Crippen LogP contribution in [-0.4, -0.2) is 36.2 Å². The van der Waals surface area contributed by atoms with Gasteiger partial charge in [-0.3, -0.25) is 19.3 Å². The van der Waals surface area contributed by atoms with Crippen molar-refractivity contribution in [1.82, 2.24) is 10.2 Å². The monoisotopic (exact) mass is 248 g/mol. The lowest BCUT2D eigenvalue weighted by Crippen LogP contribution is -2.40. The molecule has 1 saturated heterocycles. The second kappa shape index (κ2) is 3.93. The van der Waals surface area contributed by atoms with Crippen LogP contribution in [0.15, 0.2) is 12.2 Å². The molecule has 3 amide bonds. The molecule has 1 N–H and O–H groups in total. The third-order valence-corrected chi connectivity index (χ3v) is 4.43. The number of likely N-dealkylation sites (tertiary alicyclic amines) is 1. The van der Waals surface area contributed by atoms with Gasteiger partial charge in [-0.25, -0.2) is 0 Å². The molecule has 96 valence electrons. The predicted octanol–water partition coefficient (Wildman–Crippen LogP) is -0.0704. The molecule has 1 aliphatic heterocycles. The lowest BCUT2D eigenvalue weighted by molar-refractivity contribution is -0.143. The summed E-state index contributed by atoms with van der Waals surface area (Å²) in [4.78, 5) is 37.1. The van der Waals surface area contributed by atoms with Crippen molar-refractivity contribution in [1.29, 1.82) is 0 Å². The van der Waals surface area contributed by atoms with Crippen LogP contribution in [0.3, 0.4) is 0 Å². The Balaban J connectivity index is 1.88. The van der Waals surface area contributed by atoms with Gasteiger partial charge in [0, 0.05) is 7.05 Å². The Labute approximate surface area is 105 Å². The first-order valence-corrected chi connectivity index (χ1v) is 6.37. The van der Waals surface area contributed by atoms with Gasteiger partial charge >= 0.3 is 0 Å². The van der Waals surface area contributed by atoms with Crippen molar-refractivity contribution in [3.63, 3.8) is 0 Å². The number of carbonyl (C=O) groups excluding carboxylic acids is 3. The first kappa shape index (κ1) is 11.4. The van der Waals surface area contributed by atoms with Gasteiger partial charge < -0.3 is 5.32 Å². The van der Waals surface area contributed by atoms with Crippen LogP contribution < -0.4 is 5.32 Å². The molecule has 5 nitrogen and oxygen atoms in total. The first-order chi connectivity index (χ1) is 8.63. The quantitative estimate of drug-likeness (QED) is 0.549. The van der Waals surface area contributed by atoms with Crippen LogP contribution in [0, 0.1) is 23.7 Å². The van der Waals surface area contributed by atoms with Crippen LogP contribution in [-0.2, 0) is 14.4 Å². The summed E-state index contributed by atoms with van der Waals surface area (Å²) >= 11 is 0. The van der Waals surface area contributed by atoms with Gasteiger partial charge in [0.25, 0.3) is 0 Å². The normalized spacial score (nSPS) is 37.1. The van der Waals surface area contributed by atoms with E-state index >= 15 is 0 Å². The Kier molecular flexibility index (Phi) is 2.50. The lowest BCUT2D eigenvalue weighted by atomic mass is 9.63. The molecule has 0 radical (unpaired) electrons. The van der Waals surface area contributed by atoms with E-state index in [4.69, 9.17) is 0 Å². The minimum absolute atomic E-state index is 0.138. The smallest absolute Gasteiger partial charge is 0.239 e. The highest BCUT2D eigenvalue weighted by Crippen LogP contribution is 2.49. The first-order valence-electron chi connectivity index (χ1n) is 6.37. The number of carbonyl (C=O) groups is 3. The zero-order chi connectivity index (χ0) is 12.9. The van der Waals surface area contributed by atoms with Gasteiger partial charge in [-0.05, 0) is 24.7 Å². The average molecular weight is 248 g/mol. The van der Waals surface area contributed by atoms with Crippen molar-refractivity contribution in [3.05, 3.63) is 12.2 Å². The minimum Gasteiger partial charge on any atom is -0.358 e. The molecule has 4 atom stereocenters. The predicted molar refractivity (Wildman–Crippen MR) is 63.1 cm³/mol. The Morgan fingerprint density at radius 2 is 1.72 bits per heavy atom. The highest BCUT2D eigenvalue weighted by Gasteiger charge is 2.56. The number of nitrogens with zero attached hydrogens (tertiary/aromatic N) is 1. The number of likely N-dealkylation sites (N-methyl/N-ethyl adjacent to an activating group) is 1. The van der Waals surface area contributed by atoms with Gasteiger partial charge in [0.05, 0.1) is 11.8 Å². The van der Waals surface area contributed by atoms with Crippen molar-refractivity contribution < 1.29 is 14.4 Å². The third-order valence-electron chi connectivity index (χ3n) is 4.43. The summed E-state index contributed by atoms with van der Waals surface area (Å²) in [5.74, 6) is -0.676. The number of nitrogens with one attached hydrogen (secondary N) is 1. The summed E-state index contributed by atoms with van der Waals surface area (Å²) in [6.45, 7) is -0.138. The highest BCUT2D eigenvalue weighted by atomic mass is 16.2. The van der Waals surface area contributed by atoms with Crippen LogP contribution in [0.4, 0.5) is 0 Å². The zero-order valence-electron chi connectivity index (χ0n) is 10.3. The Bertz CT molecular complexity index is 425. The van der Waals surface area contributed by atoms with Crippen molar-refractivity contribution in [2.75, 3.05) is 13.6 Å². The number of amides is 3. The maximum atomic E-state index is 12.3. The Morgan fingerprint density at radius 3 is 2.11 bits per heavy atom. The largest absolute Gasteiger partial charge is 0.358 e. The van der Waals surface area contributed by atoms with Gasteiger partial charge in [0.1, 0.15) is 6.54 Å². The lowest BCUT2D eigenvalue weighted by Gasteiger charge is -2.38. The SMILES string of the molecule is CNC(=O)CN1C(=O)[C@@H]2[C@@H](C1=O)[C@H]1C=C[C@H]2CC1. The van der Waals surface area contributed by atoms with Crippen molar-refractivity contribution in [2.24, 2.45) is 23.7 Å². The molecule has 5 heteroatoms. The molecule has 2 fully saturated rings. The van der Waals surface area contributed by atoms with Crippen molar-refractivity contribution in [2.45, 2.75) is 12.8 Å². The van der Waals surface area contributed by atoms with E-state index in [1.54, 1.807) is 0 Å². The van der Waals surface area contributed by atoms with Gasteiger partial charge in [-0.1, -0.05) is 12.2 Å². The van der Waals surface area contributed by atoms with Crippen molar-refractivity contribution >= 4 is 17.7 Å². The van der Waals surface area contributed by atoms with Gasteiger partial charge in [0.15, 0.2) is 0 Å². The fourth-order valence-electron chi connectivity index (χ4n) is 3.51. The molecule has 0 aromatic rings. The van der Waals surface area contributed by atoms with Crippen LogP contribution in [0.1, 0.15) is 12.8 Å². The second-order valence-electron chi connectivity index (χ2n) is 5.28. The minimum atomic E-state index is -0.296. The van der Waals surface area contributed by atoms with Crippen LogP contribution in [0.2, 0.25) is 0 Å². The number of hydrogen-bond acceptors (Lipinski definition) is 3. The number of imide groups is 1. The topological polar surface area (TPSA) is 66.5 Å². The molecule has 0 spiro atoms. The molecule has 2 bridgehead atoms. The Hall–Kier alpha value is -1.65. The van der Waals surface area contributed by atoms with Crippen molar-refractivity contribution in [3.8, 4) is 0 Å². The van der Waals surface area contributed by atoms with E-state index < -0.39 is 0 Å². The highest BCUT2D eigenvalue weighted by molar-refractivity contribution is 6.08. The molecule has 1 saturated carbocycles. The number of rotatable bonds is 2. The zero-order valence-corrected chi connectivity index (χ0v) is 10.3. The van der Waals surface area contributed by atoms with E-state index in [0.717, 1.165) is 17.7 Å². The summed E-state index contributed by atoms with van der Waals surface area (Å²) in [7, 11) is 1.51. The molecule has 4 rings (SSSR count). The fourth-order valence-corrected chi connectivity index (χ4v) is 3.51. The van der Waals surface area contributed by atoms with Gasteiger partial charge in [0.2, 0.25) is 17.7 Å². The van der Waals surface area contributed by atoms with E-state index in [0.29, 0.717) is 0 Å². The summed E-state index contributed by atoms with van der Waals surface area (Å²) in [5, 5.41) is 2.45. The van der Waals surface area contributed by atoms with Gasteiger partial charge in [-0.2, -0.15) is 0 Å². The number of allylic oxidation sites excluding steroid dienone is 2. The molecule has 0 aromatic carbocycles. The standard InChI is InChI=1S/C13H16N2O3/c1-14-9(16)6-15-12(17)10-7-2-3-8(5-4-7)11(10)13(15)18/h2-3,7-8,10-11H,4-6H2,1H3,(H,14,16)/t7-,8-,10-,11-/m0/s1. The van der Waals surface area contributed by atoms with E-state index in [1.807, 2.05) is 0 Å². The molecule has 0 unspecified atom stereocenters. The van der Waals surface area contributed by atoms with Crippen LogP contribution in [0.5, 0.6) is 0 Å². The number of hydrogen-bond donors (Lipinski definition) is 1. The molecule has 4 aliphatic rings. The van der Waals surface area contributed by atoms with E-state index in [1.165, 1.54) is 7.05 Å². The molecule has 18 heavy (non-hydrogen) atoms. The second-order valence-corrected chi connectivity index (χ2v) is 5.28. The van der Waals surface area contributed by atoms with Gasteiger partial charge in [-0.15, -0.1) is 0 Å². The van der Waals surface area contributed by atoms with E-state index in [-0.39, 0.29) is 47.9 Å². The number of fused-ring (bicyclic) bond motifs is 1. The maximum absolute atomic E-state index is 12.3. The van der Waals surface area contributed by atoms with Crippen LogP contribution >= 0.6 is 0 Å². The fraction of sp³-hybridized carbons (Fsp3) is 0.615. The van der Waals surface area contributed by atoms with E-state index in [9.17, 15) is 14.4 Å². The third kappa shape index (κ3) is 1.43.